The Morgan fingerprint density at radius 1 is 0.893 bits per heavy atom. The van der Waals surface area contributed by atoms with Crippen LogP contribution < -0.4 is 0 Å². The number of carbonyl (C=O) groups is 1. The molecule has 0 aliphatic heterocycles. The van der Waals surface area contributed by atoms with E-state index in [0.717, 1.165) is 18.3 Å². The highest BCUT2D eigenvalue weighted by Crippen LogP contribution is 2.66. The van der Waals surface area contributed by atoms with Gasteiger partial charge in [0.15, 0.2) is 0 Å². The molecule has 164 valence electrons. The number of ketones is 1. The van der Waals surface area contributed by atoms with E-state index >= 15 is 0 Å². The summed E-state index contributed by atoms with van der Waals surface area (Å²) in [5.74, 6) is 4.56. The normalized spacial score (nSPS) is 44.1. The number of hydrogen-bond donors (Lipinski definition) is 0. The summed E-state index contributed by atoms with van der Waals surface area (Å²) in [5, 5.41) is 0. The number of hydrogen-bond acceptors (Lipinski definition) is 1. The van der Waals surface area contributed by atoms with Crippen molar-refractivity contribution in [1.82, 2.24) is 0 Å². The second-order valence-electron chi connectivity index (χ2n) is 10.2. The van der Waals surface area contributed by atoms with Gasteiger partial charge in [-0.15, -0.1) is 0 Å². The van der Waals surface area contributed by atoms with Crippen molar-refractivity contribution >= 4 is 5.78 Å². The molecule has 4 rings (SSSR count). The molecule has 4 aliphatic rings. The van der Waals surface area contributed by atoms with E-state index < -0.39 is 0 Å². The summed E-state index contributed by atoms with van der Waals surface area (Å²) in [6.45, 7) is 15.3. The van der Waals surface area contributed by atoms with Crippen molar-refractivity contribution in [2.45, 2.75) is 126 Å². The molecule has 7 unspecified atom stereocenters. The zero-order valence-electron chi connectivity index (χ0n) is 20.3. The topological polar surface area (TPSA) is 17.1 Å². The molecule has 4 fully saturated rings. The van der Waals surface area contributed by atoms with Gasteiger partial charge in [0.2, 0.25) is 0 Å². The summed E-state index contributed by atoms with van der Waals surface area (Å²) in [5.41, 5.74) is 0.522. The van der Waals surface area contributed by atoms with Crippen LogP contribution in [0.25, 0.3) is 0 Å². The predicted molar refractivity (Wildman–Crippen MR) is 122 cm³/mol. The van der Waals surface area contributed by atoms with E-state index in [1.54, 1.807) is 0 Å². The number of Topliss-reactive ketones (excluding diaryl/α,β-unsaturated/α-hetero) is 1. The van der Waals surface area contributed by atoms with Gasteiger partial charge in [-0.2, -0.15) is 0 Å². The molecular formula is C27H50O. The zero-order chi connectivity index (χ0) is 20.9. The van der Waals surface area contributed by atoms with Gasteiger partial charge in [0.05, 0.1) is 0 Å². The molecule has 1 heteroatoms. The van der Waals surface area contributed by atoms with E-state index in [0.29, 0.717) is 29.0 Å². The average molecular weight is 391 g/mol. The fourth-order valence-corrected chi connectivity index (χ4v) is 8.03. The van der Waals surface area contributed by atoms with Gasteiger partial charge >= 0.3 is 0 Å². The van der Waals surface area contributed by atoms with Crippen LogP contribution in [0.3, 0.4) is 0 Å². The van der Waals surface area contributed by atoms with Crippen LogP contribution >= 0.6 is 0 Å². The standard InChI is InChI=1S/C23H38O.2C2H6/c1-4-5-8-17-11-13-19-18-12-10-16-9-6-7-14-22(16,2)20(18)15-21(24)23(17,19)3;2*1-2/h16-20H,4-15H2,1-3H3;2*1-2H3. The van der Waals surface area contributed by atoms with Crippen molar-refractivity contribution in [2.75, 3.05) is 0 Å². The van der Waals surface area contributed by atoms with Crippen LogP contribution in [-0.2, 0) is 4.79 Å². The lowest BCUT2D eigenvalue weighted by Gasteiger charge is -2.59. The fraction of sp³-hybridized carbons (Fsp3) is 0.963. The van der Waals surface area contributed by atoms with Crippen molar-refractivity contribution < 1.29 is 4.79 Å². The quantitative estimate of drug-likeness (QED) is 0.472. The highest BCUT2D eigenvalue weighted by molar-refractivity contribution is 5.87. The van der Waals surface area contributed by atoms with Crippen LogP contribution in [0, 0.1) is 40.4 Å². The maximum atomic E-state index is 13.4. The largest absolute Gasteiger partial charge is 0.299 e. The fourth-order valence-electron chi connectivity index (χ4n) is 8.03. The highest BCUT2D eigenvalue weighted by atomic mass is 16.1. The van der Waals surface area contributed by atoms with Crippen LogP contribution in [0.4, 0.5) is 0 Å². The molecule has 4 aliphatic carbocycles. The number of carbonyl (C=O) groups excluding carboxylic acids is 1. The number of rotatable bonds is 3. The first kappa shape index (κ1) is 23.9. The first-order valence-corrected chi connectivity index (χ1v) is 13.0. The second-order valence-corrected chi connectivity index (χ2v) is 10.2. The molecule has 28 heavy (non-hydrogen) atoms. The number of unbranched alkanes of at least 4 members (excludes halogenated alkanes) is 1. The molecule has 7 atom stereocenters. The van der Waals surface area contributed by atoms with E-state index in [1.165, 1.54) is 70.6 Å². The van der Waals surface area contributed by atoms with Crippen molar-refractivity contribution in [2.24, 2.45) is 40.4 Å². The van der Waals surface area contributed by atoms with E-state index in [4.69, 9.17) is 0 Å². The van der Waals surface area contributed by atoms with Gasteiger partial charge in [-0.25, -0.2) is 0 Å². The summed E-state index contributed by atoms with van der Waals surface area (Å²) < 4.78 is 0. The Morgan fingerprint density at radius 2 is 1.61 bits per heavy atom. The Morgan fingerprint density at radius 3 is 2.29 bits per heavy atom. The van der Waals surface area contributed by atoms with Crippen molar-refractivity contribution in [3.05, 3.63) is 0 Å². The molecule has 0 spiro atoms. The lowest BCUT2D eigenvalue weighted by Crippen LogP contribution is -2.56. The Labute approximate surface area is 176 Å². The summed E-state index contributed by atoms with van der Waals surface area (Å²) in [4.78, 5) is 13.4. The van der Waals surface area contributed by atoms with E-state index in [9.17, 15) is 4.79 Å². The third kappa shape index (κ3) is 3.85. The second kappa shape index (κ2) is 10.1. The molecule has 0 bridgehead atoms. The van der Waals surface area contributed by atoms with E-state index in [-0.39, 0.29) is 5.41 Å². The molecule has 1 nitrogen and oxygen atoms in total. The lowest BCUT2D eigenvalue weighted by atomic mass is 9.44. The Bertz CT molecular complexity index is 496. The SMILES string of the molecule is CC.CC.CCCCC1CCC2C3CCC4CCCCC4(C)C3CC(=O)C12C. The molecule has 0 radical (unpaired) electrons. The maximum Gasteiger partial charge on any atom is 0.139 e. The molecule has 4 saturated carbocycles. The summed E-state index contributed by atoms with van der Waals surface area (Å²) >= 11 is 0. The first-order valence-electron chi connectivity index (χ1n) is 13.0. The maximum absolute atomic E-state index is 13.4. The molecule has 0 N–H and O–H groups in total. The highest BCUT2D eigenvalue weighted by Gasteiger charge is 2.62. The lowest BCUT2D eigenvalue weighted by molar-refractivity contribution is -0.156. The summed E-state index contributed by atoms with van der Waals surface area (Å²) in [7, 11) is 0. The Balaban J connectivity index is 0.000000660. The van der Waals surface area contributed by atoms with Gasteiger partial charge in [-0.1, -0.05) is 74.1 Å². The Kier molecular flexibility index (Phi) is 8.66. The average Bonchev–Trinajstić information content (AvgIpc) is 3.08. The zero-order valence-corrected chi connectivity index (χ0v) is 20.3. The van der Waals surface area contributed by atoms with Gasteiger partial charge < -0.3 is 0 Å². The van der Waals surface area contributed by atoms with E-state index in [2.05, 4.69) is 20.8 Å². The molecular weight excluding hydrogens is 340 g/mol. The van der Waals surface area contributed by atoms with Crippen molar-refractivity contribution in [1.29, 1.82) is 0 Å². The summed E-state index contributed by atoms with van der Waals surface area (Å²) in [6.07, 6.45) is 16.1. The van der Waals surface area contributed by atoms with Gasteiger partial charge in [0.1, 0.15) is 5.78 Å². The van der Waals surface area contributed by atoms with Crippen molar-refractivity contribution in [3.63, 3.8) is 0 Å². The van der Waals surface area contributed by atoms with Crippen LogP contribution in [-0.4, -0.2) is 5.78 Å². The summed E-state index contributed by atoms with van der Waals surface area (Å²) in [6, 6.07) is 0. The van der Waals surface area contributed by atoms with Gasteiger partial charge in [-0.05, 0) is 80.0 Å². The minimum absolute atomic E-state index is 0.0359. The van der Waals surface area contributed by atoms with E-state index in [1.807, 2.05) is 27.7 Å². The Hall–Kier alpha value is -0.330. The minimum atomic E-state index is 0.0359. The van der Waals surface area contributed by atoms with Crippen LogP contribution in [0.2, 0.25) is 0 Å². The molecule has 0 aromatic heterocycles. The molecule has 0 aromatic carbocycles. The predicted octanol–water partition coefficient (Wildman–Crippen LogP) is 8.46. The molecule has 0 amide bonds. The van der Waals surface area contributed by atoms with Crippen LogP contribution in [0.1, 0.15) is 126 Å². The van der Waals surface area contributed by atoms with Crippen LogP contribution in [0.15, 0.2) is 0 Å². The monoisotopic (exact) mass is 390 g/mol. The van der Waals surface area contributed by atoms with Gasteiger partial charge in [0.25, 0.3) is 0 Å². The molecule has 0 saturated heterocycles. The third-order valence-corrected chi connectivity index (χ3v) is 9.54. The van der Waals surface area contributed by atoms with Crippen LogP contribution in [0.5, 0.6) is 0 Å². The van der Waals surface area contributed by atoms with Gasteiger partial charge in [0, 0.05) is 11.8 Å². The number of fused-ring (bicyclic) bond motifs is 5. The first-order chi connectivity index (χ1) is 13.5. The molecule has 0 aromatic rings. The third-order valence-electron chi connectivity index (χ3n) is 9.54. The minimum Gasteiger partial charge on any atom is -0.299 e. The molecule has 0 heterocycles. The van der Waals surface area contributed by atoms with Crippen molar-refractivity contribution in [3.8, 4) is 0 Å². The van der Waals surface area contributed by atoms with Gasteiger partial charge in [-0.3, -0.25) is 4.79 Å². The smallest absolute Gasteiger partial charge is 0.139 e.